The number of piperazine rings is 2. The molecule has 2 aliphatic rings. The first-order chi connectivity index (χ1) is 23.4. The van der Waals surface area contributed by atoms with Gasteiger partial charge in [-0.25, -0.2) is 8.78 Å². The number of nitrogens with one attached hydrogen (secondary N) is 2. The van der Waals surface area contributed by atoms with E-state index in [1.54, 1.807) is 55.2 Å². The van der Waals surface area contributed by atoms with Gasteiger partial charge >= 0.3 is 0 Å². The Balaban J connectivity index is 0.000000266. The van der Waals surface area contributed by atoms with E-state index in [1.807, 2.05) is 12.1 Å². The largest absolute Gasteiger partial charge is 0.392 e. The average molecular weight is 698 g/mol. The molecule has 2 saturated heterocycles. The molecular formula is C37H46ClF2N5O4. The predicted molar refractivity (Wildman–Crippen MR) is 189 cm³/mol. The second-order valence-electron chi connectivity index (χ2n) is 12.6. The number of benzene rings is 3. The third-order valence-corrected chi connectivity index (χ3v) is 8.82. The highest BCUT2D eigenvalue weighted by Gasteiger charge is 2.32. The number of halogens is 3. The number of hydrogen-bond donors (Lipinski definition) is 4. The van der Waals surface area contributed by atoms with E-state index in [2.05, 4.69) is 20.4 Å². The second-order valence-corrected chi connectivity index (χ2v) is 13.0. The summed E-state index contributed by atoms with van der Waals surface area (Å²) in [5.74, 6) is -0.933. The summed E-state index contributed by atoms with van der Waals surface area (Å²) in [4.78, 5) is 30.5. The van der Waals surface area contributed by atoms with E-state index in [0.29, 0.717) is 42.5 Å². The van der Waals surface area contributed by atoms with Crippen LogP contribution in [0.4, 0.5) is 14.5 Å². The smallest absolute Gasteiger partial charge is 0.247 e. The van der Waals surface area contributed by atoms with Crippen molar-refractivity contribution in [2.45, 2.75) is 58.2 Å². The lowest BCUT2D eigenvalue weighted by Crippen LogP contribution is -2.58. The minimum atomic E-state index is -0.714. The molecule has 0 unspecified atom stereocenters. The molecule has 2 amide bonds. The first-order valence-electron chi connectivity index (χ1n) is 16.5. The third-order valence-electron chi connectivity index (χ3n) is 8.58. The van der Waals surface area contributed by atoms with Gasteiger partial charge in [-0.05, 0) is 73.0 Å². The van der Waals surface area contributed by atoms with Crippen molar-refractivity contribution in [2.24, 2.45) is 0 Å². The highest BCUT2D eigenvalue weighted by molar-refractivity contribution is 6.31. The van der Waals surface area contributed by atoms with Crippen LogP contribution < -0.4 is 10.6 Å². The first-order valence-corrected chi connectivity index (χ1v) is 16.8. The lowest BCUT2D eigenvalue weighted by Gasteiger charge is -2.42. The molecule has 0 spiro atoms. The number of carbonyl (C=O) groups excluding carboxylic acids is 2. The standard InChI is InChI=1S/C24H27ClFN3O3.C13H19FN2O/c1-16(30)23-15-28(14-18-3-8-21(26)9-4-18)11-12-29(23)24(32)10-6-19-5-7-20(25)13-22(19)27-17(2)31;1-10(17)13-9-16(7-6-15-13)8-11-2-4-12(14)5-3-11/h3-10,13,16,23,30H,11-12,14-15H2,1-2H3,(H,27,31);2-5,10,13,15,17H,6-9H2,1H3/b10-6+;/t16-,23-;10-,13-/m00/s1. The zero-order chi connectivity index (χ0) is 35.5. The molecule has 0 bridgehead atoms. The summed E-state index contributed by atoms with van der Waals surface area (Å²) in [6.07, 6.45) is 2.02. The fraction of sp³-hybridized carbons (Fsp3) is 0.405. The van der Waals surface area contributed by atoms with Gasteiger partial charge in [0.25, 0.3) is 0 Å². The summed E-state index contributed by atoms with van der Waals surface area (Å²) >= 11 is 6.02. The monoisotopic (exact) mass is 697 g/mol. The molecule has 3 aromatic rings. The van der Waals surface area contributed by atoms with E-state index in [1.165, 1.54) is 37.3 Å². The second kappa shape index (κ2) is 18.3. The van der Waals surface area contributed by atoms with E-state index >= 15 is 0 Å². The van der Waals surface area contributed by atoms with Crippen molar-refractivity contribution >= 4 is 35.2 Å². The number of nitrogens with zero attached hydrogens (tertiary/aromatic N) is 3. The first kappa shape index (κ1) is 38.1. The maximum Gasteiger partial charge on any atom is 0.247 e. The summed E-state index contributed by atoms with van der Waals surface area (Å²) in [6, 6.07) is 17.7. The molecule has 4 N–H and O–H groups in total. The van der Waals surface area contributed by atoms with Gasteiger partial charge in [0, 0.05) is 82.1 Å². The van der Waals surface area contributed by atoms with Gasteiger partial charge in [-0.15, -0.1) is 0 Å². The highest BCUT2D eigenvalue weighted by Crippen LogP contribution is 2.23. The van der Waals surface area contributed by atoms with Crippen molar-refractivity contribution in [2.75, 3.05) is 44.6 Å². The molecule has 4 atom stereocenters. The van der Waals surface area contributed by atoms with Gasteiger partial charge in [-0.2, -0.15) is 0 Å². The van der Waals surface area contributed by atoms with E-state index in [4.69, 9.17) is 11.6 Å². The third kappa shape index (κ3) is 12.0. The van der Waals surface area contributed by atoms with Gasteiger partial charge in [-0.3, -0.25) is 19.4 Å². The zero-order valence-electron chi connectivity index (χ0n) is 28.2. The van der Waals surface area contributed by atoms with Crippen LogP contribution in [0.25, 0.3) is 6.08 Å². The maximum absolute atomic E-state index is 13.2. The molecule has 264 valence electrons. The Bertz CT molecular complexity index is 1560. The van der Waals surface area contributed by atoms with E-state index in [9.17, 15) is 28.6 Å². The van der Waals surface area contributed by atoms with Crippen LogP contribution in [0, 0.1) is 11.6 Å². The van der Waals surface area contributed by atoms with Crippen molar-refractivity contribution in [1.82, 2.24) is 20.0 Å². The van der Waals surface area contributed by atoms with Crippen molar-refractivity contribution in [3.8, 4) is 0 Å². The number of hydrogen-bond acceptors (Lipinski definition) is 7. The Hall–Kier alpha value is -3.71. The van der Waals surface area contributed by atoms with Gasteiger partial charge in [-0.1, -0.05) is 41.9 Å². The zero-order valence-corrected chi connectivity index (χ0v) is 28.9. The number of carbonyl (C=O) groups is 2. The minimum Gasteiger partial charge on any atom is -0.392 e. The molecule has 0 aromatic heterocycles. The van der Waals surface area contributed by atoms with Gasteiger partial charge in [0.05, 0.1) is 18.2 Å². The van der Waals surface area contributed by atoms with Crippen molar-refractivity contribution < 1.29 is 28.6 Å². The number of rotatable bonds is 9. The van der Waals surface area contributed by atoms with Crippen molar-refractivity contribution in [1.29, 1.82) is 0 Å². The molecule has 49 heavy (non-hydrogen) atoms. The van der Waals surface area contributed by atoms with Crippen molar-refractivity contribution in [3.63, 3.8) is 0 Å². The van der Waals surface area contributed by atoms with E-state index < -0.39 is 6.10 Å². The quantitative estimate of drug-likeness (QED) is 0.244. The molecule has 5 rings (SSSR count). The molecular weight excluding hydrogens is 652 g/mol. The molecule has 9 nitrogen and oxygen atoms in total. The van der Waals surface area contributed by atoms with E-state index in [-0.39, 0.29) is 41.6 Å². The predicted octanol–water partition coefficient (Wildman–Crippen LogP) is 4.52. The van der Waals surface area contributed by atoms with Crippen LogP contribution in [0.15, 0.2) is 72.8 Å². The Morgan fingerprint density at radius 3 is 2.04 bits per heavy atom. The summed E-state index contributed by atoms with van der Waals surface area (Å²) in [5.41, 5.74) is 3.26. The Labute approximate surface area is 292 Å². The summed E-state index contributed by atoms with van der Waals surface area (Å²) in [5, 5.41) is 26.4. The fourth-order valence-electron chi connectivity index (χ4n) is 5.93. The van der Waals surface area contributed by atoms with Gasteiger partial charge in [0.1, 0.15) is 11.6 Å². The Kier molecular flexibility index (Phi) is 14.3. The number of aliphatic hydroxyl groups is 2. The normalized spacial score (nSPS) is 20.0. The summed E-state index contributed by atoms with van der Waals surface area (Å²) in [6.45, 7) is 10.6. The maximum atomic E-state index is 13.2. The Morgan fingerprint density at radius 1 is 0.898 bits per heavy atom. The molecule has 0 saturated carbocycles. The molecule has 2 fully saturated rings. The molecule has 0 radical (unpaired) electrons. The lowest BCUT2D eigenvalue weighted by atomic mass is 10.1. The number of anilines is 1. The molecule has 2 aliphatic heterocycles. The molecule has 12 heteroatoms. The van der Waals surface area contributed by atoms with Crippen LogP contribution in [0.3, 0.4) is 0 Å². The van der Waals surface area contributed by atoms with Crippen LogP contribution in [-0.2, 0) is 22.7 Å². The molecule has 3 aromatic carbocycles. The van der Waals surface area contributed by atoms with Crippen molar-refractivity contribution in [3.05, 3.63) is 106 Å². The van der Waals surface area contributed by atoms with Crippen LogP contribution in [0.2, 0.25) is 5.02 Å². The van der Waals surface area contributed by atoms with Gasteiger partial charge < -0.3 is 25.7 Å². The van der Waals surface area contributed by atoms with Crippen LogP contribution in [-0.4, -0.2) is 100 Å². The number of aliphatic hydroxyl groups excluding tert-OH is 2. The lowest BCUT2D eigenvalue weighted by molar-refractivity contribution is -0.134. The highest BCUT2D eigenvalue weighted by atomic mass is 35.5. The minimum absolute atomic E-state index is 0.129. The number of amides is 2. The van der Waals surface area contributed by atoms with Gasteiger partial charge in [0.2, 0.25) is 11.8 Å². The average Bonchev–Trinajstić information content (AvgIpc) is 3.06. The SMILES string of the molecule is CC(=O)Nc1cc(Cl)ccc1/C=C/C(=O)N1CCN(Cc2ccc(F)cc2)C[C@H]1[C@H](C)O.C[C@H](O)[C@@H]1CN(Cc2ccc(F)cc2)CCN1. The van der Waals surface area contributed by atoms with E-state index in [0.717, 1.165) is 37.3 Å². The Morgan fingerprint density at radius 2 is 1.49 bits per heavy atom. The van der Waals surface area contributed by atoms with Crippen LogP contribution >= 0.6 is 11.6 Å². The molecule has 2 heterocycles. The summed E-state index contributed by atoms with van der Waals surface area (Å²) in [7, 11) is 0. The molecule has 0 aliphatic carbocycles. The topological polar surface area (TPSA) is 108 Å². The van der Waals surface area contributed by atoms with Crippen LogP contribution in [0.1, 0.15) is 37.5 Å². The summed E-state index contributed by atoms with van der Waals surface area (Å²) < 4.78 is 25.9. The fourth-order valence-corrected chi connectivity index (χ4v) is 6.11. The van der Waals surface area contributed by atoms with Gasteiger partial charge in [0.15, 0.2) is 0 Å². The van der Waals surface area contributed by atoms with Crippen LogP contribution in [0.5, 0.6) is 0 Å².